The maximum Gasteiger partial charge on any atom is 0.494 e. The van der Waals surface area contributed by atoms with Crippen LogP contribution in [0.4, 0.5) is 4.39 Å². The van der Waals surface area contributed by atoms with Gasteiger partial charge >= 0.3 is 7.12 Å². The van der Waals surface area contributed by atoms with Crippen molar-refractivity contribution < 1.29 is 18.1 Å². The molecule has 19 heavy (non-hydrogen) atoms. The van der Waals surface area contributed by atoms with E-state index in [4.69, 9.17) is 13.7 Å². The van der Waals surface area contributed by atoms with E-state index in [1.165, 1.54) is 12.3 Å². The van der Waals surface area contributed by atoms with E-state index in [0.29, 0.717) is 10.8 Å². The lowest BCUT2D eigenvalue weighted by atomic mass is 9.78. The maximum atomic E-state index is 13.9. The van der Waals surface area contributed by atoms with E-state index >= 15 is 0 Å². The van der Waals surface area contributed by atoms with E-state index < -0.39 is 24.1 Å². The lowest BCUT2D eigenvalue weighted by molar-refractivity contribution is 0.00578. The highest BCUT2D eigenvalue weighted by Crippen LogP contribution is 2.36. The van der Waals surface area contributed by atoms with E-state index in [1.807, 2.05) is 33.8 Å². The number of furan rings is 1. The zero-order chi connectivity index (χ0) is 13.8. The third-order valence-electron chi connectivity index (χ3n) is 4.05. The van der Waals surface area contributed by atoms with Crippen molar-refractivity contribution in [2.24, 2.45) is 0 Å². The molecule has 1 aromatic carbocycles. The highest BCUT2D eigenvalue weighted by molar-refractivity contribution is 6.62. The van der Waals surface area contributed by atoms with Crippen LogP contribution in [0.5, 0.6) is 0 Å². The van der Waals surface area contributed by atoms with Crippen molar-refractivity contribution in [2.75, 3.05) is 0 Å². The molecule has 0 atom stereocenters. The maximum absolute atomic E-state index is 13.9. The summed E-state index contributed by atoms with van der Waals surface area (Å²) in [6.45, 7) is 7.89. The minimum Gasteiger partial charge on any atom is -0.461 e. The van der Waals surface area contributed by atoms with Crippen molar-refractivity contribution in [2.45, 2.75) is 38.9 Å². The van der Waals surface area contributed by atoms with Gasteiger partial charge in [-0.25, -0.2) is 4.39 Å². The van der Waals surface area contributed by atoms with Gasteiger partial charge in [-0.3, -0.25) is 0 Å². The summed E-state index contributed by atoms with van der Waals surface area (Å²) < 4.78 is 30.8. The molecule has 1 fully saturated rings. The quantitative estimate of drug-likeness (QED) is 0.740. The summed E-state index contributed by atoms with van der Waals surface area (Å²) in [4.78, 5) is 0. The molecule has 0 saturated carbocycles. The monoisotopic (exact) mass is 262 g/mol. The van der Waals surface area contributed by atoms with Crippen molar-refractivity contribution in [1.82, 2.24) is 0 Å². The molecule has 100 valence electrons. The second-order valence-corrected chi connectivity index (χ2v) is 5.93. The molecule has 0 amide bonds. The van der Waals surface area contributed by atoms with Gasteiger partial charge in [0.1, 0.15) is 0 Å². The zero-order valence-electron chi connectivity index (χ0n) is 11.5. The van der Waals surface area contributed by atoms with Crippen LogP contribution in [0.1, 0.15) is 27.7 Å². The molecule has 1 aromatic heterocycles. The first-order valence-electron chi connectivity index (χ1n) is 6.32. The van der Waals surface area contributed by atoms with Gasteiger partial charge in [-0.1, -0.05) is 6.07 Å². The highest BCUT2D eigenvalue weighted by atomic mass is 19.1. The largest absolute Gasteiger partial charge is 0.494 e. The van der Waals surface area contributed by atoms with Gasteiger partial charge in [-0.2, -0.15) is 0 Å². The molecule has 5 heteroatoms. The number of halogens is 1. The van der Waals surface area contributed by atoms with Gasteiger partial charge in [0.05, 0.1) is 17.5 Å². The third-order valence-corrected chi connectivity index (χ3v) is 4.05. The molecule has 3 rings (SSSR count). The molecule has 0 unspecified atom stereocenters. The number of hydrogen-bond acceptors (Lipinski definition) is 3. The Kier molecular flexibility index (Phi) is 2.56. The van der Waals surface area contributed by atoms with Crippen LogP contribution in [0, 0.1) is 5.82 Å². The Labute approximate surface area is 111 Å². The molecule has 2 aromatic rings. The van der Waals surface area contributed by atoms with Gasteiger partial charge in [0, 0.05) is 5.39 Å². The van der Waals surface area contributed by atoms with Gasteiger partial charge in [0.25, 0.3) is 0 Å². The first kappa shape index (κ1) is 12.7. The Morgan fingerprint density at radius 1 is 1.05 bits per heavy atom. The fourth-order valence-electron chi connectivity index (χ4n) is 2.18. The molecular weight excluding hydrogens is 246 g/mol. The number of fused-ring (bicyclic) bond motifs is 1. The highest BCUT2D eigenvalue weighted by Gasteiger charge is 2.51. The average molecular weight is 262 g/mol. The van der Waals surface area contributed by atoms with Crippen molar-refractivity contribution in [3.8, 4) is 0 Å². The molecule has 0 bridgehead atoms. The van der Waals surface area contributed by atoms with Gasteiger partial charge in [-0.15, -0.1) is 0 Å². The van der Waals surface area contributed by atoms with Crippen molar-refractivity contribution in [3.63, 3.8) is 0 Å². The molecule has 1 aliphatic heterocycles. The minimum absolute atomic E-state index is 0.264. The Hall–Kier alpha value is -1.33. The molecule has 0 spiro atoms. The van der Waals surface area contributed by atoms with Crippen LogP contribution < -0.4 is 5.46 Å². The Morgan fingerprint density at radius 2 is 1.68 bits per heavy atom. The number of rotatable bonds is 1. The number of hydrogen-bond donors (Lipinski definition) is 0. The van der Waals surface area contributed by atoms with E-state index in [1.54, 1.807) is 6.07 Å². The second kappa shape index (κ2) is 3.84. The van der Waals surface area contributed by atoms with Gasteiger partial charge in [-0.05, 0) is 45.3 Å². The van der Waals surface area contributed by atoms with Gasteiger partial charge in [0.2, 0.25) is 0 Å². The van der Waals surface area contributed by atoms with E-state index in [2.05, 4.69) is 0 Å². The molecule has 0 radical (unpaired) electrons. The third kappa shape index (κ3) is 1.88. The Morgan fingerprint density at radius 3 is 2.32 bits per heavy atom. The Bertz CT molecular complexity index is 617. The summed E-state index contributed by atoms with van der Waals surface area (Å²) in [5.41, 5.74) is 0.0734. The molecule has 1 aliphatic rings. The topological polar surface area (TPSA) is 31.6 Å². The van der Waals surface area contributed by atoms with Crippen LogP contribution in [-0.2, 0) is 9.31 Å². The molecule has 0 aliphatic carbocycles. The fourth-order valence-corrected chi connectivity index (χ4v) is 2.18. The SMILES string of the molecule is CC1(C)OB(c2cc(F)c3occc3c2)OC1(C)C. The summed E-state index contributed by atoms with van der Waals surface area (Å²) in [6.07, 6.45) is 1.47. The summed E-state index contributed by atoms with van der Waals surface area (Å²) in [6, 6.07) is 4.98. The lowest BCUT2D eigenvalue weighted by Crippen LogP contribution is -2.41. The van der Waals surface area contributed by atoms with Gasteiger partial charge in [0.15, 0.2) is 11.4 Å². The molecule has 0 N–H and O–H groups in total. The molecule has 3 nitrogen and oxygen atoms in total. The standard InChI is InChI=1S/C14H16BFO3/c1-13(2)14(3,4)19-15(18-13)10-7-9-5-6-17-12(9)11(16)8-10/h5-8H,1-4H3. The van der Waals surface area contributed by atoms with Crippen LogP contribution >= 0.6 is 0 Å². The molecular formula is C14H16BFO3. The predicted molar refractivity (Wildman–Crippen MR) is 71.9 cm³/mol. The zero-order valence-corrected chi connectivity index (χ0v) is 11.5. The number of benzene rings is 1. The average Bonchev–Trinajstić information content (AvgIpc) is 2.82. The van der Waals surface area contributed by atoms with E-state index in [0.717, 1.165) is 0 Å². The predicted octanol–water partition coefficient (Wildman–Crippen LogP) is 2.87. The lowest BCUT2D eigenvalue weighted by Gasteiger charge is -2.32. The van der Waals surface area contributed by atoms with E-state index in [9.17, 15) is 4.39 Å². The fraction of sp³-hybridized carbons (Fsp3) is 0.429. The molecule has 2 heterocycles. The van der Waals surface area contributed by atoms with Gasteiger partial charge < -0.3 is 13.7 Å². The minimum atomic E-state index is -0.557. The smallest absolute Gasteiger partial charge is 0.461 e. The summed E-state index contributed by atoms with van der Waals surface area (Å²) >= 11 is 0. The van der Waals surface area contributed by atoms with Crippen LogP contribution in [0.15, 0.2) is 28.9 Å². The van der Waals surface area contributed by atoms with Crippen LogP contribution in [0.3, 0.4) is 0 Å². The second-order valence-electron chi connectivity index (χ2n) is 5.93. The normalized spacial score (nSPS) is 21.2. The van der Waals surface area contributed by atoms with Crippen LogP contribution in [0.25, 0.3) is 11.0 Å². The van der Waals surface area contributed by atoms with E-state index in [-0.39, 0.29) is 5.58 Å². The first-order valence-corrected chi connectivity index (χ1v) is 6.32. The summed E-state index contributed by atoms with van der Waals surface area (Å²) in [5, 5.41) is 0.713. The summed E-state index contributed by atoms with van der Waals surface area (Å²) in [5.74, 6) is -0.396. The Balaban J connectivity index is 2.02. The van der Waals surface area contributed by atoms with Crippen molar-refractivity contribution in [3.05, 3.63) is 30.3 Å². The van der Waals surface area contributed by atoms with Crippen LogP contribution in [-0.4, -0.2) is 18.3 Å². The summed E-state index contributed by atoms with van der Waals surface area (Å²) in [7, 11) is -0.557. The molecule has 1 saturated heterocycles. The van der Waals surface area contributed by atoms with Crippen molar-refractivity contribution in [1.29, 1.82) is 0 Å². The van der Waals surface area contributed by atoms with Crippen molar-refractivity contribution >= 4 is 23.6 Å². The first-order chi connectivity index (χ1) is 8.80. The van der Waals surface area contributed by atoms with Crippen LogP contribution in [0.2, 0.25) is 0 Å².